The topological polar surface area (TPSA) is 29.5 Å². The lowest BCUT2D eigenvalue weighted by Crippen LogP contribution is -2.37. The predicted molar refractivity (Wildman–Crippen MR) is 69.1 cm³/mol. The van der Waals surface area contributed by atoms with Crippen LogP contribution in [0.25, 0.3) is 0 Å². The molecule has 0 aromatic heterocycles. The van der Waals surface area contributed by atoms with E-state index in [9.17, 15) is 4.79 Å². The first kappa shape index (κ1) is 12.4. The Morgan fingerprint density at radius 3 is 2.71 bits per heavy atom. The summed E-state index contributed by atoms with van der Waals surface area (Å²) in [5, 5.41) is 0.600. The summed E-state index contributed by atoms with van der Waals surface area (Å²) in [4.78, 5) is 13.3. The van der Waals surface area contributed by atoms with Gasteiger partial charge in [-0.2, -0.15) is 0 Å². The van der Waals surface area contributed by atoms with E-state index in [0.717, 1.165) is 37.9 Å². The molecular weight excluding hydrogens is 238 g/mol. The molecule has 3 nitrogen and oxygen atoms in total. The zero-order valence-corrected chi connectivity index (χ0v) is 10.6. The summed E-state index contributed by atoms with van der Waals surface area (Å²) in [6, 6.07) is 5.46. The lowest BCUT2D eigenvalue weighted by molar-refractivity contribution is 0.0819. The Balaban J connectivity index is 2.15. The molecule has 0 unspecified atom stereocenters. The van der Waals surface area contributed by atoms with Crippen LogP contribution < -0.4 is 4.90 Å². The summed E-state index contributed by atoms with van der Waals surface area (Å²) >= 11 is 5.88. The molecule has 2 rings (SSSR count). The van der Waals surface area contributed by atoms with Crippen molar-refractivity contribution in [2.75, 3.05) is 25.1 Å². The van der Waals surface area contributed by atoms with Crippen LogP contribution in [0.15, 0.2) is 18.2 Å². The minimum absolute atomic E-state index is 0.346. The van der Waals surface area contributed by atoms with Gasteiger partial charge < -0.3 is 9.64 Å². The molecule has 0 amide bonds. The van der Waals surface area contributed by atoms with Crippen molar-refractivity contribution in [3.63, 3.8) is 0 Å². The van der Waals surface area contributed by atoms with E-state index in [4.69, 9.17) is 16.3 Å². The highest BCUT2D eigenvalue weighted by atomic mass is 35.5. The molecule has 0 aliphatic carbocycles. The third kappa shape index (κ3) is 2.79. The Labute approximate surface area is 106 Å². The average Bonchev–Trinajstić information content (AvgIpc) is 2.39. The molecule has 1 aromatic rings. The molecule has 1 aliphatic heterocycles. The van der Waals surface area contributed by atoms with Gasteiger partial charge in [0.25, 0.3) is 0 Å². The van der Waals surface area contributed by atoms with Crippen molar-refractivity contribution < 1.29 is 9.53 Å². The molecule has 0 bridgehead atoms. The van der Waals surface area contributed by atoms with E-state index < -0.39 is 0 Å². The van der Waals surface area contributed by atoms with Gasteiger partial charge in [0.2, 0.25) is 0 Å². The second-order valence-electron chi connectivity index (χ2n) is 4.24. The fraction of sp³-hybridized carbons (Fsp3) is 0.462. The van der Waals surface area contributed by atoms with Crippen LogP contribution in [0.3, 0.4) is 0 Å². The second-order valence-corrected chi connectivity index (χ2v) is 4.68. The van der Waals surface area contributed by atoms with Crippen LogP contribution in [0.1, 0.15) is 23.2 Å². The average molecular weight is 254 g/mol. The zero-order chi connectivity index (χ0) is 12.3. The summed E-state index contributed by atoms with van der Waals surface area (Å²) in [5.74, 6) is 0. The Kier molecular flexibility index (Phi) is 4.02. The van der Waals surface area contributed by atoms with Crippen molar-refractivity contribution in [3.05, 3.63) is 28.8 Å². The minimum Gasteiger partial charge on any atom is -0.381 e. The number of carbonyl (C=O) groups excluding carboxylic acids is 1. The number of piperidine rings is 1. The third-order valence-corrected chi connectivity index (χ3v) is 3.47. The third-order valence-electron chi connectivity index (χ3n) is 3.23. The van der Waals surface area contributed by atoms with Crippen molar-refractivity contribution >= 4 is 23.6 Å². The van der Waals surface area contributed by atoms with Crippen LogP contribution in [0, 0.1) is 0 Å². The summed E-state index contributed by atoms with van der Waals surface area (Å²) in [6.07, 6.45) is 3.21. The Bertz CT molecular complexity index is 400. The molecular formula is C13H16ClNO2. The summed E-state index contributed by atoms with van der Waals surface area (Å²) in [5.41, 5.74) is 1.63. The normalized spacial score (nSPS) is 17.2. The number of rotatable bonds is 3. The minimum atomic E-state index is 0.346. The fourth-order valence-corrected chi connectivity index (χ4v) is 2.42. The molecule has 0 atom stereocenters. The summed E-state index contributed by atoms with van der Waals surface area (Å²) in [7, 11) is 1.75. The van der Waals surface area contributed by atoms with Crippen molar-refractivity contribution in [1.82, 2.24) is 0 Å². The van der Waals surface area contributed by atoms with Crippen LogP contribution in [0.2, 0.25) is 5.02 Å². The monoisotopic (exact) mass is 253 g/mol. The Morgan fingerprint density at radius 2 is 2.12 bits per heavy atom. The van der Waals surface area contributed by atoms with Crippen LogP contribution in [0.5, 0.6) is 0 Å². The molecule has 0 spiro atoms. The molecule has 1 saturated heterocycles. The zero-order valence-electron chi connectivity index (χ0n) is 9.86. The van der Waals surface area contributed by atoms with Crippen molar-refractivity contribution in [2.24, 2.45) is 0 Å². The molecule has 0 radical (unpaired) electrons. The Hall–Kier alpha value is -1.06. The van der Waals surface area contributed by atoms with Gasteiger partial charge in [-0.05, 0) is 31.0 Å². The molecule has 1 aliphatic rings. The standard InChI is InChI=1S/C13H16ClNO2/c1-17-12-4-6-15(7-5-12)13-3-2-11(14)8-10(13)9-16/h2-3,8-9,12H,4-7H2,1H3. The predicted octanol–water partition coefficient (Wildman–Crippen LogP) is 2.77. The van der Waals surface area contributed by atoms with E-state index >= 15 is 0 Å². The van der Waals surface area contributed by atoms with E-state index in [1.807, 2.05) is 12.1 Å². The number of ether oxygens (including phenoxy) is 1. The smallest absolute Gasteiger partial charge is 0.152 e. The lowest BCUT2D eigenvalue weighted by Gasteiger charge is -2.33. The van der Waals surface area contributed by atoms with Crippen LogP contribution >= 0.6 is 11.6 Å². The maximum absolute atomic E-state index is 11.0. The highest BCUT2D eigenvalue weighted by Crippen LogP contribution is 2.26. The van der Waals surface area contributed by atoms with Gasteiger partial charge >= 0.3 is 0 Å². The number of carbonyl (C=O) groups is 1. The molecule has 17 heavy (non-hydrogen) atoms. The van der Waals surface area contributed by atoms with Gasteiger partial charge in [0.05, 0.1) is 6.10 Å². The van der Waals surface area contributed by atoms with Crippen molar-refractivity contribution in [1.29, 1.82) is 0 Å². The van der Waals surface area contributed by atoms with E-state index in [1.165, 1.54) is 0 Å². The first-order valence-electron chi connectivity index (χ1n) is 5.77. The molecule has 1 aromatic carbocycles. The number of benzene rings is 1. The maximum atomic E-state index is 11.0. The molecule has 0 saturated carbocycles. The molecule has 1 fully saturated rings. The van der Waals surface area contributed by atoms with Gasteiger partial charge in [0.15, 0.2) is 6.29 Å². The van der Waals surface area contributed by atoms with Crippen LogP contribution in [-0.2, 0) is 4.74 Å². The van der Waals surface area contributed by atoms with Crippen molar-refractivity contribution in [2.45, 2.75) is 18.9 Å². The van der Waals surface area contributed by atoms with Crippen molar-refractivity contribution in [3.8, 4) is 0 Å². The first-order valence-corrected chi connectivity index (χ1v) is 6.15. The van der Waals surface area contributed by atoms with Gasteiger partial charge in [0.1, 0.15) is 0 Å². The highest BCUT2D eigenvalue weighted by molar-refractivity contribution is 6.31. The Morgan fingerprint density at radius 1 is 1.41 bits per heavy atom. The molecule has 0 N–H and O–H groups in total. The van der Waals surface area contributed by atoms with Crippen LogP contribution in [-0.4, -0.2) is 32.6 Å². The number of hydrogen-bond acceptors (Lipinski definition) is 3. The SMILES string of the molecule is COC1CCN(c2ccc(Cl)cc2C=O)CC1. The number of halogens is 1. The highest BCUT2D eigenvalue weighted by Gasteiger charge is 2.20. The number of aldehydes is 1. The molecule has 1 heterocycles. The van der Waals surface area contributed by atoms with E-state index in [2.05, 4.69) is 4.90 Å². The van der Waals surface area contributed by atoms with Gasteiger partial charge in [-0.15, -0.1) is 0 Å². The van der Waals surface area contributed by atoms with Gasteiger partial charge in [-0.3, -0.25) is 4.79 Å². The molecule has 4 heteroatoms. The van der Waals surface area contributed by atoms with E-state index in [1.54, 1.807) is 13.2 Å². The number of hydrogen-bond donors (Lipinski definition) is 0. The number of methoxy groups -OCH3 is 1. The van der Waals surface area contributed by atoms with Gasteiger partial charge in [0, 0.05) is 36.5 Å². The van der Waals surface area contributed by atoms with Crippen LogP contribution in [0.4, 0.5) is 5.69 Å². The number of anilines is 1. The largest absolute Gasteiger partial charge is 0.381 e. The second kappa shape index (κ2) is 5.52. The lowest BCUT2D eigenvalue weighted by atomic mass is 10.1. The van der Waals surface area contributed by atoms with Gasteiger partial charge in [-0.1, -0.05) is 11.6 Å². The van der Waals surface area contributed by atoms with E-state index in [-0.39, 0.29) is 0 Å². The van der Waals surface area contributed by atoms with E-state index in [0.29, 0.717) is 16.7 Å². The summed E-state index contributed by atoms with van der Waals surface area (Å²) in [6.45, 7) is 1.84. The quantitative estimate of drug-likeness (QED) is 0.776. The maximum Gasteiger partial charge on any atom is 0.152 e. The molecule has 92 valence electrons. The van der Waals surface area contributed by atoms with Gasteiger partial charge in [-0.25, -0.2) is 0 Å². The number of nitrogens with zero attached hydrogens (tertiary/aromatic N) is 1. The summed E-state index contributed by atoms with van der Waals surface area (Å²) < 4.78 is 5.33. The first-order chi connectivity index (χ1) is 8.24. The fourth-order valence-electron chi connectivity index (χ4n) is 2.24.